The molecule has 1 unspecified atom stereocenters. The Morgan fingerprint density at radius 1 is 1.28 bits per heavy atom. The lowest BCUT2D eigenvalue weighted by Crippen LogP contribution is -2.34. The highest BCUT2D eigenvalue weighted by Crippen LogP contribution is 2.16. The number of nitrogens with one attached hydrogen (secondary N) is 1. The molecule has 0 bridgehead atoms. The second-order valence-electron chi connectivity index (χ2n) is 4.64. The third kappa shape index (κ3) is 3.29. The number of rotatable bonds is 3. The van der Waals surface area contributed by atoms with Crippen LogP contribution in [0.25, 0.3) is 0 Å². The average molecular weight is 248 g/mol. The number of benzene rings is 1. The fourth-order valence-electron chi connectivity index (χ4n) is 2.24. The van der Waals surface area contributed by atoms with Crippen molar-refractivity contribution in [2.24, 2.45) is 0 Å². The predicted molar refractivity (Wildman–Crippen MR) is 67.2 cm³/mol. The van der Waals surface area contributed by atoms with E-state index in [-0.39, 0.29) is 17.6 Å². The van der Waals surface area contributed by atoms with E-state index in [0.717, 1.165) is 31.2 Å². The van der Waals surface area contributed by atoms with Gasteiger partial charge in [0.2, 0.25) is 5.91 Å². The van der Waals surface area contributed by atoms with E-state index in [1.807, 2.05) is 0 Å². The minimum atomic E-state index is -0.406. The number of carbonyl (C=O) groups is 1. The van der Waals surface area contributed by atoms with Gasteiger partial charge in [-0.3, -0.25) is 14.9 Å². The molecule has 0 aliphatic carbocycles. The van der Waals surface area contributed by atoms with Crippen LogP contribution in [0.2, 0.25) is 0 Å². The van der Waals surface area contributed by atoms with Crippen LogP contribution >= 0.6 is 0 Å². The monoisotopic (exact) mass is 248 g/mol. The Kier molecular flexibility index (Phi) is 3.92. The summed E-state index contributed by atoms with van der Waals surface area (Å²) >= 11 is 0. The molecule has 96 valence electrons. The van der Waals surface area contributed by atoms with E-state index in [4.69, 9.17) is 0 Å². The summed E-state index contributed by atoms with van der Waals surface area (Å²) in [5.74, 6) is 0.111. The van der Waals surface area contributed by atoms with Gasteiger partial charge in [-0.15, -0.1) is 0 Å². The van der Waals surface area contributed by atoms with Gasteiger partial charge in [0.1, 0.15) is 0 Å². The van der Waals surface area contributed by atoms with Crippen molar-refractivity contribution in [2.75, 3.05) is 0 Å². The van der Waals surface area contributed by atoms with Crippen molar-refractivity contribution in [3.05, 3.63) is 39.9 Å². The van der Waals surface area contributed by atoms with E-state index in [1.54, 1.807) is 12.1 Å². The van der Waals surface area contributed by atoms with Gasteiger partial charge >= 0.3 is 0 Å². The van der Waals surface area contributed by atoms with E-state index in [9.17, 15) is 14.9 Å². The van der Waals surface area contributed by atoms with E-state index in [0.29, 0.717) is 6.42 Å². The van der Waals surface area contributed by atoms with Gasteiger partial charge in [-0.2, -0.15) is 0 Å². The van der Waals surface area contributed by atoms with Crippen molar-refractivity contribution in [1.82, 2.24) is 5.32 Å². The first-order valence-corrected chi connectivity index (χ1v) is 6.18. The summed E-state index contributed by atoms with van der Waals surface area (Å²) in [4.78, 5) is 21.6. The van der Waals surface area contributed by atoms with Crippen LogP contribution in [0.3, 0.4) is 0 Å². The van der Waals surface area contributed by atoms with Crippen molar-refractivity contribution in [3.8, 4) is 0 Å². The number of nitrogens with zero attached hydrogens (tertiary/aromatic N) is 1. The molecule has 1 saturated heterocycles. The largest absolute Gasteiger partial charge is 0.353 e. The Hall–Kier alpha value is -1.91. The van der Waals surface area contributed by atoms with Gasteiger partial charge < -0.3 is 5.32 Å². The summed E-state index contributed by atoms with van der Waals surface area (Å²) in [6, 6.07) is 6.69. The number of carbonyl (C=O) groups excluding carboxylic acids is 1. The summed E-state index contributed by atoms with van der Waals surface area (Å²) in [5, 5.41) is 13.5. The number of hydrogen-bond donors (Lipinski definition) is 1. The Morgan fingerprint density at radius 2 is 2.00 bits per heavy atom. The second-order valence-corrected chi connectivity index (χ2v) is 4.64. The van der Waals surface area contributed by atoms with Gasteiger partial charge in [0.25, 0.3) is 5.69 Å². The highest BCUT2D eigenvalue weighted by molar-refractivity contribution is 5.76. The highest BCUT2D eigenvalue weighted by atomic mass is 16.6. The van der Waals surface area contributed by atoms with Crippen LogP contribution < -0.4 is 5.32 Å². The van der Waals surface area contributed by atoms with Crippen molar-refractivity contribution >= 4 is 11.6 Å². The maximum atomic E-state index is 11.4. The molecule has 1 fully saturated rings. The Labute approximate surface area is 105 Å². The lowest BCUT2D eigenvalue weighted by Gasteiger charge is -2.15. The van der Waals surface area contributed by atoms with Crippen molar-refractivity contribution in [3.63, 3.8) is 0 Å². The van der Waals surface area contributed by atoms with E-state index in [1.165, 1.54) is 12.1 Å². The maximum absolute atomic E-state index is 11.4. The minimum absolute atomic E-state index is 0.101. The fraction of sp³-hybridized carbons (Fsp3) is 0.462. The van der Waals surface area contributed by atoms with Crippen molar-refractivity contribution < 1.29 is 9.72 Å². The average Bonchev–Trinajstić information content (AvgIpc) is 2.54. The Morgan fingerprint density at radius 3 is 2.67 bits per heavy atom. The van der Waals surface area contributed by atoms with Gasteiger partial charge in [-0.25, -0.2) is 0 Å². The minimum Gasteiger partial charge on any atom is -0.353 e. The molecule has 1 N–H and O–H groups in total. The van der Waals surface area contributed by atoms with Crippen LogP contribution in [0, 0.1) is 10.1 Å². The summed E-state index contributed by atoms with van der Waals surface area (Å²) < 4.78 is 0. The third-order valence-electron chi connectivity index (χ3n) is 3.20. The van der Waals surface area contributed by atoms with E-state index in [2.05, 4.69) is 5.32 Å². The maximum Gasteiger partial charge on any atom is 0.269 e. The summed E-state index contributed by atoms with van der Waals surface area (Å²) in [6.07, 6.45) is 4.32. The highest BCUT2D eigenvalue weighted by Gasteiger charge is 2.16. The molecule has 0 aromatic heterocycles. The number of non-ortho nitro benzene ring substituents is 1. The van der Waals surface area contributed by atoms with E-state index >= 15 is 0 Å². The fourth-order valence-corrected chi connectivity index (χ4v) is 2.24. The van der Waals surface area contributed by atoms with Crippen LogP contribution in [0.1, 0.15) is 31.2 Å². The Balaban J connectivity index is 1.99. The lowest BCUT2D eigenvalue weighted by atomic mass is 10.0. The van der Waals surface area contributed by atoms with Crippen LogP contribution in [0.15, 0.2) is 24.3 Å². The number of amides is 1. The first-order chi connectivity index (χ1) is 8.65. The molecule has 2 rings (SSSR count). The van der Waals surface area contributed by atoms with Gasteiger partial charge in [0, 0.05) is 24.6 Å². The SMILES string of the molecule is O=C1CCCCC(Cc2ccc([N+](=O)[O-])cc2)N1. The molecule has 1 atom stereocenters. The third-order valence-corrected chi connectivity index (χ3v) is 3.20. The number of nitro benzene ring substituents is 1. The zero-order chi connectivity index (χ0) is 13.0. The topological polar surface area (TPSA) is 72.2 Å². The van der Waals surface area contributed by atoms with Gasteiger partial charge in [-0.1, -0.05) is 18.6 Å². The predicted octanol–water partition coefficient (Wildman–Crippen LogP) is 2.20. The molecule has 18 heavy (non-hydrogen) atoms. The van der Waals surface area contributed by atoms with Crippen LogP contribution in [-0.4, -0.2) is 16.9 Å². The molecule has 0 saturated carbocycles. The quantitative estimate of drug-likeness (QED) is 0.658. The number of hydrogen-bond acceptors (Lipinski definition) is 3. The summed E-state index contributed by atoms with van der Waals surface area (Å²) in [7, 11) is 0. The van der Waals surface area contributed by atoms with Crippen LogP contribution in [0.4, 0.5) is 5.69 Å². The molecule has 1 aliphatic heterocycles. The zero-order valence-electron chi connectivity index (χ0n) is 10.1. The van der Waals surface area contributed by atoms with Crippen molar-refractivity contribution in [2.45, 2.75) is 38.1 Å². The van der Waals surface area contributed by atoms with E-state index < -0.39 is 4.92 Å². The smallest absolute Gasteiger partial charge is 0.269 e. The molecule has 1 amide bonds. The molecule has 1 heterocycles. The molecule has 0 radical (unpaired) electrons. The number of nitro groups is 1. The molecule has 0 spiro atoms. The first kappa shape index (κ1) is 12.5. The van der Waals surface area contributed by atoms with Gasteiger partial charge in [0.15, 0.2) is 0 Å². The summed E-state index contributed by atoms with van der Waals surface area (Å²) in [5.41, 5.74) is 1.12. The van der Waals surface area contributed by atoms with Gasteiger partial charge in [0.05, 0.1) is 4.92 Å². The van der Waals surface area contributed by atoms with Crippen molar-refractivity contribution in [1.29, 1.82) is 0 Å². The molecule has 5 heteroatoms. The summed E-state index contributed by atoms with van der Waals surface area (Å²) in [6.45, 7) is 0. The molecule has 1 aliphatic rings. The second kappa shape index (κ2) is 5.62. The molecular formula is C13H16N2O3. The molecule has 5 nitrogen and oxygen atoms in total. The normalized spacial score (nSPS) is 20.0. The van der Waals surface area contributed by atoms with Crippen LogP contribution in [-0.2, 0) is 11.2 Å². The van der Waals surface area contributed by atoms with Crippen LogP contribution in [0.5, 0.6) is 0 Å². The standard InChI is InChI=1S/C13H16N2O3/c16-13-4-2-1-3-11(14-13)9-10-5-7-12(8-6-10)15(17)18/h5-8,11H,1-4,9H2,(H,14,16). The molecule has 1 aromatic rings. The van der Waals surface area contributed by atoms with Gasteiger partial charge in [-0.05, 0) is 24.8 Å². The zero-order valence-corrected chi connectivity index (χ0v) is 10.1. The Bertz CT molecular complexity index is 442. The molecule has 1 aromatic carbocycles. The first-order valence-electron chi connectivity index (χ1n) is 6.18. The molecular weight excluding hydrogens is 232 g/mol. The lowest BCUT2D eigenvalue weighted by molar-refractivity contribution is -0.384.